The van der Waals surface area contributed by atoms with Crippen molar-refractivity contribution in [1.82, 2.24) is 9.78 Å². The van der Waals surface area contributed by atoms with Gasteiger partial charge in [-0.3, -0.25) is 9.59 Å². The molecule has 27 heavy (non-hydrogen) atoms. The van der Waals surface area contributed by atoms with Crippen LogP contribution in [0.4, 0.5) is 18.9 Å². The van der Waals surface area contributed by atoms with Gasteiger partial charge in [-0.05, 0) is 37.3 Å². The molecule has 1 amide bonds. The minimum atomic E-state index is -4.82. The number of hydrogen-bond donors (Lipinski definition) is 1. The zero-order valence-corrected chi connectivity index (χ0v) is 14.1. The van der Waals surface area contributed by atoms with Crippen molar-refractivity contribution in [1.29, 1.82) is 0 Å². The Hall–Kier alpha value is -3.37. The van der Waals surface area contributed by atoms with Crippen molar-refractivity contribution in [3.8, 4) is 5.75 Å². The molecular formula is C16H14F3N3O5. The molecule has 1 aromatic heterocycles. The molecule has 0 aliphatic heterocycles. The van der Waals surface area contributed by atoms with Gasteiger partial charge in [0.05, 0.1) is 0 Å². The molecule has 0 bridgehead atoms. The van der Waals surface area contributed by atoms with Crippen LogP contribution in [0, 0.1) is 0 Å². The second-order valence-corrected chi connectivity index (χ2v) is 5.29. The molecule has 2 rings (SSSR count). The van der Waals surface area contributed by atoms with Gasteiger partial charge in [0.15, 0.2) is 11.8 Å². The van der Waals surface area contributed by atoms with Crippen LogP contribution >= 0.6 is 0 Å². The van der Waals surface area contributed by atoms with Crippen LogP contribution in [0.1, 0.15) is 17.4 Å². The highest BCUT2D eigenvalue weighted by Crippen LogP contribution is 2.24. The van der Waals surface area contributed by atoms with Gasteiger partial charge in [-0.1, -0.05) is 0 Å². The number of alkyl halides is 3. The fourth-order valence-electron chi connectivity index (χ4n) is 1.87. The molecule has 11 heteroatoms. The second-order valence-electron chi connectivity index (χ2n) is 5.29. The maximum Gasteiger partial charge on any atom is 0.573 e. The van der Waals surface area contributed by atoms with Crippen LogP contribution in [0.15, 0.2) is 41.2 Å². The maximum absolute atomic E-state index is 12.1. The van der Waals surface area contributed by atoms with Crippen molar-refractivity contribution in [3.05, 3.63) is 52.4 Å². The molecule has 0 aliphatic rings. The number of amides is 1. The van der Waals surface area contributed by atoms with E-state index in [2.05, 4.69) is 15.2 Å². The minimum Gasteiger partial charge on any atom is -0.448 e. The van der Waals surface area contributed by atoms with Crippen molar-refractivity contribution < 1.29 is 32.2 Å². The molecule has 0 saturated heterocycles. The number of nitrogens with one attached hydrogen (secondary N) is 1. The molecule has 1 N–H and O–H groups in total. The van der Waals surface area contributed by atoms with E-state index >= 15 is 0 Å². The van der Waals surface area contributed by atoms with Gasteiger partial charge >= 0.3 is 12.3 Å². The van der Waals surface area contributed by atoms with Crippen molar-refractivity contribution in [2.24, 2.45) is 7.05 Å². The Bertz CT molecular complexity index is 893. The first kappa shape index (κ1) is 19.9. The summed E-state index contributed by atoms with van der Waals surface area (Å²) in [6, 6.07) is 6.72. The van der Waals surface area contributed by atoms with Crippen LogP contribution in [0.5, 0.6) is 5.75 Å². The van der Waals surface area contributed by atoms with E-state index in [-0.39, 0.29) is 11.4 Å². The van der Waals surface area contributed by atoms with E-state index < -0.39 is 35.7 Å². The van der Waals surface area contributed by atoms with E-state index in [4.69, 9.17) is 4.74 Å². The number of anilines is 1. The summed E-state index contributed by atoms with van der Waals surface area (Å²) in [6.45, 7) is 1.30. The molecule has 8 nitrogen and oxygen atoms in total. The number of esters is 1. The highest BCUT2D eigenvalue weighted by molar-refractivity contribution is 5.96. The van der Waals surface area contributed by atoms with Crippen molar-refractivity contribution in [2.45, 2.75) is 19.4 Å². The molecule has 2 aromatic rings. The Morgan fingerprint density at radius 3 is 2.33 bits per heavy atom. The van der Waals surface area contributed by atoms with Gasteiger partial charge in [0.2, 0.25) is 0 Å². The van der Waals surface area contributed by atoms with Crippen molar-refractivity contribution in [2.75, 3.05) is 5.32 Å². The molecule has 1 atom stereocenters. The third kappa shape index (κ3) is 5.83. The fourth-order valence-corrected chi connectivity index (χ4v) is 1.87. The summed E-state index contributed by atoms with van der Waals surface area (Å²) in [5.41, 5.74) is -0.404. The summed E-state index contributed by atoms with van der Waals surface area (Å²) >= 11 is 0. The SMILES string of the molecule is CC(OC(=O)c1ccc(=O)n(C)n1)C(=O)Nc1ccc(OC(F)(F)F)cc1. The molecular weight excluding hydrogens is 371 g/mol. The van der Waals surface area contributed by atoms with Crippen LogP contribution in [-0.4, -0.2) is 34.1 Å². The van der Waals surface area contributed by atoms with Gasteiger partial charge in [0.1, 0.15) is 5.75 Å². The number of ether oxygens (including phenoxy) is 2. The van der Waals surface area contributed by atoms with E-state index in [1.807, 2.05) is 0 Å². The van der Waals surface area contributed by atoms with Gasteiger partial charge in [-0.2, -0.15) is 5.10 Å². The lowest BCUT2D eigenvalue weighted by atomic mass is 10.3. The molecule has 0 saturated carbocycles. The standard InChI is InChI=1S/C16H14F3N3O5/c1-9(26-15(25)12-7-8-13(23)22(2)21-12)14(24)20-10-3-5-11(6-4-10)27-16(17,18)19/h3-9H,1-2H3,(H,20,24). The van der Waals surface area contributed by atoms with Gasteiger partial charge in [-0.15, -0.1) is 13.2 Å². The number of aryl methyl sites for hydroxylation is 1. The Kier molecular flexibility index (Phi) is 5.83. The number of aromatic nitrogens is 2. The van der Waals surface area contributed by atoms with Crippen LogP contribution < -0.4 is 15.6 Å². The molecule has 0 fully saturated rings. The lowest BCUT2D eigenvalue weighted by Crippen LogP contribution is -2.31. The molecule has 1 aromatic carbocycles. The molecule has 0 aliphatic carbocycles. The first-order valence-corrected chi connectivity index (χ1v) is 7.47. The van der Waals surface area contributed by atoms with Crippen LogP contribution in [0.25, 0.3) is 0 Å². The fraction of sp³-hybridized carbons (Fsp3) is 0.250. The maximum atomic E-state index is 12.1. The van der Waals surface area contributed by atoms with E-state index in [9.17, 15) is 27.6 Å². The van der Waals surface area contributed by atoms with Gasteiger partial charge in [-0.25, -0.2) is 9.48 Å². The highest BCUT2D eigenvalue weighted by atomic mass is 19.4. The smallest absolute Gasteiger partial charge is 0.448 e. The number of hydrogen-bond acceptors (Lipinski definition) is 6. The topological polar surface area (TPSA) is 99.5 Å². The van der Waals surface area contributed by atoms with Crippen molar-refractivity contribution >= 4 is 17.6 Å². The lowest BCUT2D eigenvalue weighted by Gasteiger charge is -2.14. The zero-order valence-electron chi connectivity index (χ0n) is 14.1. The average Bonchev–Trinajstić information content (AvgIpc) is 2.57. The lowest BCUT2D eigenvalue weighted by molar-refractivity contribution is -0.274. The van der Waals surface area contributed by atoms with Crippen LogP contribution in [-0.2, 0) is 16.6 Å². The molecule has 1 heterocycles. The van der Waals surface area contributed by atoms with E-state index in [0.717, 1.165) is 28.9 Å². The number of rotatable bonds is 5. The summed E-state index contributed by atoms with van der Waals surface area (Å²) in [5.74, 6) is -2.07. The molecule has 144 valence electrons. The minimum absolute atomic E-state index is 0.162. The van der Waals surface area contributed by atoms with Gasteiger partial charge in [0.25, 0.3) is 11.5 Å². The highest BCUT2D eigenvalue weighted by Gasteiger charge is 2.31. The summed E-state index contributed by atoms with van der Waals surface area (Å²) in [6.07, 6.45) is -6.04. The monoisotopic (exact) mass is 385 g/mol. The predicted octanol–water partition coefficient (Wildman–Crippen LogP) is 1.86. The molecule has 0 spiro atoms. The Morgan fingerprint density at radius 1 is 1.15 bits per heavy atom. The summed E-state index contributed by atoms with van der Waals surface area (Å²) in [5, 5.41) is 6.08. The van der Waals surface area contributed by atoms with Crippen molar-refractivity contribution in [3.63, 3.8) is 0 Å². The summed E-state index contributed by atoms with van der Waals surface area (Å²) in [4.78, 5) is 35.2. The molecule has 1 unspecified atom stereocenters. The van der Waals surface area contributed by atoms with Crippen LogP contribution in [0.2, 0.25) is 0 Å². The second kappa shape index (κ2) is 7.89. The predicted molar refractivity (Wildman–Crippen MR) is 86.1 cm³/mol. The number of halogens is 3. The third-order valence-electron chi connectivity index (χ3n) is 3.18. The average molecular weight is 385 g/mol. The Balaban J connectivity index is 1.95. The summed E-state index contributed by atoms with van der Waals surface area (Å²) in [7, 11) is 1.35. The Morgan fingerprint density at radius 2 is 1.78 bits per heavy atom. The number of carbonyl (C=O) groups excluding carboxylic acids is 2. The summed E-state index contributed by atoms with van der Waals surface area (Å²) < 4.78 is 45.9. The van der Waals surface area contributed by atoms with E-state index in [1.54, 1.807) is 0 Å². The van der Waals surface area contributed by atoms with Gasteiger partial charge in [0, 0.05) is 18.8 Å². The number of carbonyl (C=O) groups is 2. The molecule has 0 radical (unpaired) electrons. The van der Waals surface area contributed by atoms with E-state index in [1.165, 1.54) is 26.1 Å². The van der Waals surface area contributed by atoms with Gasteiger partial charge < -0.3 is 14.8 Å². The largest absolute Gasteiger partial charge is 0.573 e. The third-order valence-corrected chi connectivity index (χ3v) is 3.18. The first-order valence-electron chi connectivity index (χ1n) is 7.47. The first-order chi connectivity index (χ1) is 12.5. The quantitative estimate of drug-likeness (QED) is 0.789. The normalized spacial score (nSPS) is 12.2. The Labute approximate surface area is 150 Å². The number of nitrogens with zero attached hydrogens (tertiary/aromatic N) is 2. The van der Waals surface area contributed by atoms with Crippen LogP contribution in [0.3, 0.4) is 0 Å². The zero-order chi connectivity index (χ0) is 20.2. The number of benzene rings is 1. The van der Waals surface area contributed by atoms with E-state index in [0.29, 0.717) is 0 Å².